The number of aliphatic hydroxyl groups excluding tert-OH is 1. The Hall–Kier alpha value is -0.900. The fourth-order valence-electron chi connectivity index (χ4n) is 2.35. The van der Waals surface area contributed by atoms with Crippen LogP contribution in [0.15, 0.2) is 30.3 Å². The van der Waals surface area contributed by atoms with Crippen LogP contribution >= 0.6 is 0 Å². The molecule has 0 radical (unpaired) electrons. The third-order valence-corrected chi connectivity index (χ3v) is 3.18. The van der Waals surface area contributed by atoms with Gasteiger partial charge < -0.3 is 10.4 Å². The van der Waals surface area contributed by atoms with Gasteiger partial charge in [0.05, 0.1) is 0 Å². The van der Waals surface area contributed by atoms with Crippen molar-refractivity contribution in [3.63, 3.8) is 0 Å². The van der Waals surface area contributed by atoms with Gasteiger partial charge in [-0.1, -0.05) is 30.3 Å². The van der Waals surface area contributed by atoms with Gasteiger partial charge in [-0.15, -0.1) is 0 Å². The second-order valence-corrected chi connectivity index (χ2v) is 4.22. The Labute approximate surface area is 97.1 Å². The van der Waals surface area contributed by atoms with E-state index in [1.54, 1.807) is 0 Å². The lowest BCUT2D eigenvalue weighted by atomic mass is 10.0. The fraction of sp³-hybridized carbons (Fsp3) is 0.538. The highest BCUT2D eigenvalue weighted by Gasteiger charge is 2.21. The molecule has 1 aliphatic rings. The maximum absolute atomic E-state index is 9.19. The highest BCUT2D eigenvalue weighted by atomic mass is 16.3. The molecule has 2 N–H and O–H groups in total. The summed E-state index contributed by atoms with van der Waals surface area (Å²) in [7, 11) is 0. The van der Waals surface area contributed by atoms with Gasteiger partial charge in [0.2, 0.25) is 0 Å². The Balaban J connectivity index is 2.09. The maximum atomic E-state index is 9.19. The molecule has 0 amide bonds. The molecule has 1 aromatic rings. The number of hydrogen-bond acceptors (Lipinski definition) is 3. The standard InChI is InChI=1S/C13H20N2O/c16-11-6-13(12-4-2-1-3-5-12)15-9-7-14-8-10-15/h1-5,13-14,16H,6-11H2. The van der Waals surface area contributed by atoms with E-state index in [9.17, 15) is 5.11 Å². The Morgan fingerprint density at radius 1 is 1.19 bits per heavy atom. The van der Waals surface area contributed by atoms with Crippen LogP contribution in [0.25, 0.3) is 0 Å². The van der Waals surface area contributed by atoms with Crippen molar-refractivity contribution >= 4 is 0 Å². The van der Waals surface area contributed by atoms with E-state index in [0.717, 1.165) is 32.6 Å². The van der Waals surface area contributed by atoms with Gasteiger partial charge in [-0.3, -0.25) is 4.90 Å². The molecule has 2 rings (SSSR count). The summed E-state index contributed by atoms with van der Waals surface area (Å²) in [6.07, 6.45) is 0.823. The van der Waals surface area contributed by atoms with Crippen LogP contribution in [0.5, 0.6) is 0 Å². The van der Waals surface area contributed by atoms with Gasteiger partial charge >= 0.3 is 0 Å². The van der Waals surface area contributed by atoms with Crippen LogP contribution in [0.4, 0.5) is 0 Å². The largest absolute Gasteiger partial charge is 0.396 e. The topological polar surface area (TPSA) is 35.5 Å². The molecule has 1 fully saturated rings. The second-order valence-electron chi connectivity index (χ2n) is 4.22. The SMILES string of the molecule is OCCC(c1ccccc1)N1CCNCC1. The highest BCUT2D eigenvalue weighted by molar-refractivity contribution is 5.19. The van der Waals surface area contributed by atoms with Crippen molar-refractivity contribution in [2.75, 3.05) is 32.8 Å². The molecular formula is C13H20N2O. The monoisotopic (exact) mass is 220 g/mol. The van der Waals surface area contributed by atoms with Crippen LogP contribution < -0.4 is 5.32 Å². The van der Waals surface area contributed by atoms with Crippen LogP contribution in [0.2, 0.25) is 0 Å². The number of rotatable bonds is 4. The molecule has 0 aliphatic carbocycles. The van der Waals surface area contributed by atoms with Crippen molar-refractivity contribution in [3.8, 4) is 0 Å². The summed E-state index contributed by atoms with van der Waals surface area (Å²) in [4.78, 5) is 2.46. The maximum Gasteiger partial charge on any atom is 0.0449 e. The summed E-state index contributed by atoms with van der Waals surface area (Å²) >= 11 is 0. The summed E-state index contributed by atoms with van der Waals surface area (Å²) < 4.78 is 0. The smallest absolute Gasteiger partial charge is 0.0449 e. The Bertz CT molecular complexity index is 296. The number of hydrogen-bond donors (Lipinski definition) is 2. The van der Waals surface area contributed by atoms with Crippen LogP contribution in [0.1, 0.15) is 18.0 Å². The predicted octanol–water partition coefficient (Wildman–Crippen LogP) is 1.02. The van der Waals surface area contributed by atoms with E-state index in [1.807, 2.05) is 6.07 Å². The Morgan fingerprint density at radius 2 is 1.88 bits per heavy atom. The van der Waals surface area contributed by atoms with E-state index in [-0.39, 0.29) is 6.61 Å². The molecule has 3 nitrogen and oxygen atoms in total. The molecule has 1 aromatic carbocycles. The summed E-state index contributed by atoms with van der Waals surface area (Å²) in [6.45, 7) is 4.49. The van der Waals surface area contributed by atoms with Crippen molar-refractivity contribution in [1.29, 1.82) is 0 Å². The van der Waals surface area contributed by atoms with E-state index in [0.29, 0.717) is 6.04 Å². The first-order chi connectivity index (χ1) is 7.92. The van der Waals surface area contributed by atoms with E-state index in [4.69, 9.17) is 0 Å². The van der Waals surface area contributed by atoms with E-state index >= 15 is 0 Å². The molecule has 0 aromatic heterocycles. The van der Waals surface area contributed by atoms with Crippen molar-refractivity contribution in [3.05, 3.63) is 35.9 Å². The lowest BCUT2D eigenvalue weighted by molar-refractivity contribution is 0.141. The third kappa shape index (κ3) is 2.82. The third-order valence-electron chi connectivity index (χ3n) is 3.18. The first-order valence-corrected chi connectivity index (χ1v) is 6.02. The fourth-order valence-corrected chi connectivity index (χ4v) is 2.35. The van der Waals surface area contributed by atoms with Crippen LogP contribution in [0.3, 0.4) is 0 Å². The van der Waals surface area contributed by atoms with Gasteiger partial charge in [0.25, 0.3) is 0 Å². The average molecular weight is 220 g/mol. The molecule has 0 saturated carbocycles. The molecule has 1 aliphatic heterocycles. The highest BCUT2D eigenvalue weighted by Crippen LogP contribution is 2.23. The summed E-state index contributed by atoms with van der Waals surface area (Å²) in [5, 5.41) is 12.5. The number of nitrogens with one attached hydrogen (secondary N) is 1. The number of piperazine rings is 1. The van der Waals surface area contributed by atoms with Gasteiger partial charge in [0, 0.05) is 38.8 Å². The first-order valence-electron chi connectivity index (χ1n) is 6.02. The number of nitrogens with zero attached hydrogens (tertiary/aromatic N) is 1. The Morgan fingerprint density at radius 3 is 2.50 bits per heavy atom. The van der Waals surface area contributed by atoms with Crippen molar-refractivity contribution in [2.24, 2.45) is 0 Å². The summed E-state index contributed by atoms with van der Waals surface area (Å²) in [5.41, 5.74) is 1.32. The van der Waals surface area contributed by atoms with Gasteiger partial charge in [-0.05, 0) is 12.0 Å². The van der Waals surface area contributed by atoms with E-state index in [1.165, 1.54) is 5.56 Å². The molecule has 1 saturated heterocycles. The first kappa shape index (κ1) is 11.6. The zero-order chi connectivity index (χ0) is 11.2. The van der Waals surface area contributed by atoms with Gasteiger partial charge in [0.15, 0.2) is 0 Å². The molecule has 1 unspecified atom stereocenters. The van der Waals surface area contributed by atoms with Gasteiger partial charge in [-0.2, -0.15) is 0 Å². The zero-order valence-corrected chi connectivity index (χ0v) is 9.60. The molecular weight excluding hydrogens is 200 g/mol. The second kappa shape index (κ2) is 5.99. The molecule has 3 heteroatoms. The lowest BCUT2D eigenvalue weighted by Crippen LogP contribution is -2.45. The van der Waals surface area contributed by atoms with Crippen LogP contribution in [-0.4, -0.2) is 42.8 Å². The van der Waals surface area contributed by atoms with Gasteiger partial charge in [0.1, 0.15) is 0 Å². The van der Waals surface area contributed by atoms with Crippen molar-refractivity contribution < 1.29 is 5.11 Å². The molecule has 88 valence electrons. The minimum Gasteiger partial charge on any atom is -0.396 e. The van der Waals surface area contributed by atoms with Crippen LogP contribution in [-0.2, 0) is 0 Å². The normalized spacial score (nSPS) is 19.6. The Kier molecular flexibility index (Phi) is 4.34. The van der Waals surface area contributed by atoms with Crippen LogP contribution in [0, 0.1) is 0 Å². The average Bonchev–Trinajstić information content (AvgIpc) is 2.38. The van der Waals surface area contributed by atoms with E-state index in [2.05, 4.69) is 34.5 Å². The predicted molar refractivity (Wildman–Crippen MR) is 65.3 cm³/mol. The summed E-state index contributed by atoms with van der Waals surface area (Å²) in [5.74, 6) is 0. The zero-order valence-electron chi connectivity index (χ0n) is 9.60. The number of aliphatic hydroxyl groups is 1. The molecule has 0 spiro atoms. The minimum atomic E-state index is 0.253. The quantitative estimate of drug-likeness (QED) is 0.795. The number of benzene rings is 1. The molecule has 1 heterocycles. The molecule has 16 heavy (non-hydrogen) atoms. The molecule has 1 atom stereocenters. The summed E-state index contributed by atoms with van der Waals surface area (Å²) in [6, 6.07) is 10.9. The lowest BCUT2D eigenvalue weighted by Gasteiger charge is -2.35. The minimum absolute atomic E-state index is 0.253. The van der Waals surface area contributed by atoms with Gasteiger partial charge in [-0.25, -0.2) is 0 Å². The molecule has 0 bridgehead atoms. The van der Waals surface area contributed by atoms with Crippen molar-refractivity contribution in [1.82, 2.24) is 10.2 Å². The van der Waals surface area contributed by atoms with E-state index < -0.39 is 0 Å². The van der Waals surface area contributed by atoms with Crippen molar-refractivity contribution in [2.45, 2.75) is 12.5 Å².